The molecule has 1 aliphatic carbocycles. The third-order valence-corrected chi connectivity index (χ3v) is 8.20. The van der Waals surface area contributed by atoms with E-state index in [2.05, 4.69) is 11.4 Å². The Balaban J connectivity index is 1.48. The number of aryl methyl sites for hydroxylation is 3. The number of ether oxygens (including phenoxy) is 1. The summed E-state index contributed by atoms with van der Waals surface area (Å²) in [7, 11) is -2.49. The number of amides is 1. The lowest BCUT2D eigenvalue weighted by Gasteiger charge is -2.24. The van der Waals surface area contributed by atoms with Gasteiger partial charge in [0.25, 0.3) is 10.0 Å². The fourth-order valence-electron chi connectivity index (χ4n) is 4.58. The Bertz CT molecular complexity index is 1500. The monoisotopic (exact) mass is 486 g/mol. The van der Waals surface area contributed by atoms with Crippen LogP contribution in [0.4, 0.5) is 11.4 Å². The topological polar surface area (TPSA) is 75.7 Å². The molecule has 1 N–H and O–H groups in total. The zero-order valence-electron chi connectivity index (χ0n) is 19.6. The van der Waals surface area contributed by atoms with Crippen LogP contribution in [0.5, 0.6) is 5.75 Å². The molecule has 1 amide bonds. The smallest absolute Gasteiger partial charge is 0.264 e. The number of benzene rings is 4. The Hall–Kier alpha value is -3.84. The highest BCUT2D eigenvalue weighted by molar-refractivity contribution is 7.92. The lowest BCUT2D eigenvalue weighted by atomic mass is 10.0. The number of rotatable bonds is 7. The second-order valence-electron chi connectivity index (χ2n) is 8.68. The fourth-order valence-corrected chi connectivity index (χ4v) is 6.00. The molecule has 5 rings (SSSR count). The van der Waals surface area contributed by atoms with E-state index in [-0.39, 0.29) is 11.4 Å². The number of methoxy groups -OCH3 is 1. The van der Waals surface area contributed by atoms with Crippen molar-refractivity contribution in [3.8, 4) is 5.75 Å². The molecule has 0 saturated heterocycles. The van der Waals surface area contributed by atoms with E-state index in [0.717, 1.165) is 28.1 Å². The molecule has 0 heterocycles. The van der Waals surface area contributed by atoms with Gasteiger partial charge in [-0.2, -0.15) is 0 Å². The van der Waals surface area contributed by atoms with Gasteiger partial charge in [0, 0.05) is 11.1 Å². The first-order valence-electron chi connectivity index (χ1n) is 11.4. The minimum atomic E-state index is -4.01. The maximum atomic E-state index is 13.6. The summed E-state index contributed by atoms with van der Waals surface area (Å²) < 4.78 is 33.5. The molecule has 6 nitrogen and oxygen atoms in total. The van der Waals surface area contributed by atoms with Crippen molar-refractivity contribution in [3.05, 3.63) is 95.6 Å². The summed E-state index contributed by atoms with van der Waals surface area (Å²) >= 11 is 0. The summed E-state index contributed by atoms with van der Waals surface area (Å²) in [6.07, 6.45) is 1.98. The molecule has 0 radical (unpaired) electrons. The molecule has 0 atom stereocenters. The van der Waals surface area contributed by atoms with E-state index >= 15 is 0 Å². The molecule has 0 saturated carbocycles. The Morgan fingerprint density at radius 1 is 0.914 bits per heavy atom. The van der Waals surface area contributed by atoms with Crippen LogP contribution in [0.15, 0.2) is 83.8 Å². The van der Waals surface area contributed by atoms with Crippen LogP contribution in [0.25, 0.3) is 10.8 Å². The van der Waals surface area contributed by atoms with Crippen molar-refractivity contribution in [2.24, 2.45) is 0 Å². The van der Waals surface area contributed by atoms with Crippen LogP contribution < -0.4 is 14.4 Å². The van der Waals surface area contributed by atoms with Gasteiger partial charge in [-0.05, 0) is 78.7 Å². The van der Waals surface area contributed by atoms with Gasteiger partial charge in [-0.3, -0.25) is 9.10 Å². The van der Waals surface area contributed by atoms with Crippen LogP contribution in [-0.4, -0.2) is 28.0 Å². The van der Waals surface area contributed by atoms with Crippen LogP contribution in [0.1, 0.15) is 16.7 Å². The highest BCUT2D eigenvalue weighted by atomic mass is 32.2. The van der Waals surface area contributed by atoms with E-state index in [4.69, 9.17) is 4.74 Å². The first-order valence-corrected chi connectivity index (χ1v) is 12.9. The average molecular weight is 487 g/mol. The molecule has 4 aromatic carbocycles. The molecular formula is C28H26N2O4S. The average Bonchev–Trinajstić information content (AvgIpc) is 3.29. The van der Waals surface area contributed by atoms with Gasteiger partial charge in [0.2, 0.25) is 5.91 Å². The lowest BCUT2D eigenvalue weighted by Crippen LogP contribution is -2.38. The van der Waals surface area contributed by atoms with Gasteiger partial charge in [0.05, 0.1) is 17.7 Å². The van der Waals surface area contributed by atoms with Crippen molar-refractivity contribution in [2.45, 2.75) is 24.7 Å². The van der Waals surface area contributed by atoms with Crippen molar-refractivity contribution in [1.82, 2.24) is 0 Å². The first-order chi connectivity index (χ1) is 16.9. The molecule has 4 aromatic rings. The SMILES string of the molecule is COc1ccc(S(=O)(=O)N(CC(=O)Nc2ccc3c4c(cccc24)CC3)c2ccc(C)cc2)cc1. The third kappa shape index (κ3) is 4.35. The number of nitrogens with one attached hydrogen (secondary N) is 1. The maximum Gasteiger partial charge on any atom is 0.264 e. The minimum Gasteiger partial charge on any atom is -0.497 e. The van der Waals surface area contributed by atoms with E-state index in [1.807, 2.05) is 43.3 Å². The summed E-state index contributed by atoms with van der Waals surface area (Å²) in [5.41, 5.74) is 4.65. The predicted molar refractivity (Wildman–Crippen MR) is 139 cm³/mol. The minimum absolute atomic E-state index is 0.0806. The van der Waals surface area contributed by atoms with Gasteiger partial charge in [0.1, 0.15) is 12.3 Å². The third-order valence-electron chi connectivity index (χ3n) is 6.41. The van der Waals surface area contributed by atoms with Crippen LogP contribution in [-0.2, 0) is 27.7 Å². The summed E-state index contributed by atoms with van der Waals surface area (Å²) in [4.78, 5) is 13.3. The number of nitrogens with zero attached hydrogens (tertiary/aromatic N) is 1. The largest absolute Gasteiger partial charge is 0.497 e. The van der Waals surface area contributed by atoms with Gasteiger partial charge in [0.15, 0.2) is 0 Å². The highest BCUT2D eigenvalue weighted by Crippen LogP contribution is 2.35. The molecule has 0 spiro atoms. The second-order valence-corrected chi connectivity index (χ2v) is 10.5. The van der Waals surface area contributed by atoms with Crippen molar-refractivity contribution >= 4 is 38.1 Å². The first kappa shape index (κ1) is 22.9. The van der Waals surface area contributed by atoms with Gasteiger partial charge in [-0.25, -0.2) is 8.42 Å². The second kappa shape index (κ2) is 9.07. The van der Waals surface area contributed by atoms with Crippen LogP contribution in [0, 0.1) is 6.92 Å². The number of hydrogen-bond donors (Lipinski definition) is 1. The van der Waals surface area contributed by atoms with Gasteiger partial charge >= 0.3 is 0 Å². The van der Waals surface area contributed by atoms with E-state index < -0.39 is 15.9 Å². The zero-order chi connectivity index (χ0) is 24.6. The number of carbonyl (C=O) groups excluding carboxylic acids is 1. The van der Waals surface area contributed by atoms with Crippen molar-refractivity contribution in [3.63, 3.8) is 0 Å². The van der Waals surface area contributed by atoms with Crippen molar-refractivity contribution in [2.75, 3.05) is 23.3 Å². The molecule has 0 bridgehead atoms. The molecule has 0 aromatic heterocycles. The van der Waals surface area contributed by atoms with E-state index in [1.165, 1.54) is 35.8 Å². The molecule has 0 unspecified atom stereocenters. The standard InChI is InChI=1S/C28H26N2O4S/c1-19-6-11-22(12-7-19)30(35(32,33)24-15-13-23(34-2)14-16-24)18-27(31)29-26-17-10-21-9-8-20-4-3-5-25(26)28(20)21/h3-7,10-17H,8-9,18H2,1-2H3,(H,29,31). The number of sulfonamides is 1. The zero-order valence-corrected chi connectivity index (χ0v) is 20.4. The highest BCUT2D eigenvalue weighted by Gasteiger charge is 2.28. The normalized spacial score (nSPS) is 12.5. The number of carbonyl (C=O) groups is 1. The van der Waals surface area contributed by atoms with Crippen LogP contribution in [0.3, 0.4) is 0 Å². The number of anilines is 2. The molecule has 35 heavy (non-hydrogen) atoms. The van der Waals surface area contributed by atoms with Crippen molar-refractivity contribution in [1.29, 1.82) is 0 Å². The molecule has 0 fully saturated rings. The predicted octanol–water partition coefficient (Wildman–Crippen LogP) is 5.09. The summed E-state index contributed by atoms with van der Waals surface area (Å²) in [5, 5.41) is 5.12. The lowest BCUT2D eigenvalue weighted by molar-refractivity contribution is -0.114. The van der Waals surface area contributed by atoms with Gasteiger partial charge < -0.3 is 10.1 Å². The Labute approximate surface area is 205 Å². The maximum absolute atomic E-state index is 13.6. The summed E-state index contributed by atoms with van der Waals surface area (Å²) in [6, 6.07) is 23.3. The molecule has 178 valence electrons. The summed E-state index contributed by atoms with van der Waals surface area (Å²) in [5.74, 6) is 0.136. The van der Waals surface area contributed by atoms with Crippen molar-refractivity contribution < 1.29 is 17.9 Å². The fraction of sp³-hybridized carbons (Fsp3) is 0.179. The van der Waals surface area contributed by atoms with E-state index in [0.29, 0.717) is 17.1 Å². The van der Waals surface area contributed by atoms with Crippen LogP contribution in [0.2, 0.25) is 0 Å². The van der Waals surface area contributed by atoms with Gasteiger partial charge in [-0.1, -0.05) is 42.0 Å². The number of hydrogen-bond acceptors (Lipinski definition) is 4. The molecular weight excluding hydrogens is 460 g/mol. The quantitative estimate of drug-likeness (QED) is 0.395. The van der Waals surface area contributed by atoms with Crippen LogP contribution >= 0.6 is 0 Å². The molecule has 7 heteroatoms. The van der Waals surface area contributed by atoms with E-state index in [1.54, 1.807) is 24.3 Å². The van der Waals surface area contributed by atoms with Gasteiger partial charge in [-0.15, -0.1) is 0 Å². The Morgan fingerprint density at radius 2 is 1.60 bits per heavy atom. The Morgan fingerprint density at radius 3 is 2.29 bits per heavy atom. The Kier molecular flexibility index (Phi) is 5.94. The molecule has 0 aliphatic heterocycles. The summed E-state index contributed by atoms with van der Waals surface area (Å²) in [6.45, 7) is 1.56. The van der Waals surface area contributed by atoms with E-state index in [9.17, 15) is 13.2 Å². The molecule has 1 aliphatic rings.